The van der Waals surface area contributed by atoms with Gasteiger partial charge >= 0.3 is 0 Å². The molecule has 0 aliphatic carbocycles. The van der Waals surface area contributed by atoms with Crippen LogP contribution in [0.15, 0.2) is 46.7 Å². The third kappa shape index (κ3) is 3.78. The fraction of sp³-hybridized carbons (Fsp3) is 0.154. The molecule has 2 N–H and O–H groups in total. The van der Waals surface area contributed by atoms with Crippen molar-refractivity contribution in [1.29, 1.82) is 0 Å². The van der Waals surface area contributed by atoms with E-state index in [0.717, 1.165) is 9.77 Å². The number of phenols is 1. The molecule has 0 bridgehead atoms. The van der Waals surface area contributed by atoms with Crippen molar-refractivity contribution in [1.82, 2.24) is 5.32 Å². The summed E-state index contributed by atoms with van der Waals surface area (Å²) in [4.78, 5) is 13.5. The van der Waals surface area contributed by atoms with Crippen molar-refractivity contribution in [2.75, 3.05) is 5.75 Å². The average Bonchev–Trinajstić information content (AvgIpc) is 2.88. The Bertz CT molecular complexity index is 511. The van der Waals surface area contributed by atoms with Crippen LogP contribution < -0.4 is 5.32 Å². The summed E-state index contributed by atoms with van der Waals surface area (Å²) in [6.45, 7) is 0.567. The van der Waals surface area contributed by atoms with E-state index in [-0.39, 0.29) is 11.7 Å². The predicted molar refractivity (Wildman–Crippen MR) is 75.0 cm³/mol. The molecule has 0 aliphatic heterocycles. The van der Waals surface area contributed by atoms with E-state index in [4.69, 9.17) is 0 Å². The maximum atomic E-state index is 11.6. The van der Waals surface area contributed by atoms with Crippen LogP contribution in [-0.2, 0) is 11.3 Å². The van der Waals surface area contributed by atoms with E-state index in [1.807, 2.05) is 23.6 Å². The lowest BCUT2D eigenvalue weighted by Gasteiger charge is -2.05. The van der Waals surface area contributed by atoms with E-state index in [0.29, 0.717) is 12.3 Å². The Kier molecular flexibility index (Phi) is 4.66. The normalized spacial score (nSPS) is 10.2. The Balaban J connectivity index is 1.77. The zero-order valence-electron chi connectivity index (χ0n) is 9.63. The van der Waals surface area contributed by atoms with Gasteiger partial charge in [-0.05, 0) is 23.6 Å². The van der Waals surface area contributed by atoms with Crippen molar-refractivity contribution in [3.8, 4) is 5.75 Å². The molecule has 2 rings (SSSR count). The summed E-state index contributed by atoms with van der Waals surface area (Å²) in [6.07, 6.45) is 0. The van der Waals surface area contributed by atoms with E-state index in [1.54, 1.807) is 29.5 Å². The number of rotatable bonds is 5. The van der Waals surface area contributed by atoms with Gasteiger partial charge in [-0.1, -0.05) is 18.2 Å². The van der Waals surface area contributed by atoms with Crippen LogP contribution in [0.4, 0.5) is 0 Å². The van der Waals surface area contributed by atoms with Crippen LogP contribution in [0, 0.1) is 0 Å². The van der Waals surface area contributed by atoms with E-state index >= 15 is 0 Å². The van der Waals surface area contributed by atoms with Gasteiger partial charge in [-0.15, -0.1) is 23.1 Å². The first-order chi connectivity index (χ1) is 8.75. The number of hydrogen-bond acceptors (Lipinski definition) is 4. The van der Waals surface area contributed by atoms with Crippen LogP contribution in [0.2, 0.25) is 0 Å². The number of hydrogen-bond donors (Lipinski definition) is 2. The number of para-hydroxylation sites is 1. The summed E-state index contributed by atoms with van der Waals surface area (Å²) >= 11 is 2.95. The van der Waals surface area contributed by atoms with Gasteiger partial charge in [0.25, 0.3) is 0 Å². The van der Waals surface area contributed by atoms with Crippen molar-refractivity contribution in [2.24, 2.45) is 0 Å². The average molecular weight is 279 g/mol. The Morgan fingerprint density at radius 2 is 2.11 bits per heavy atom. The number of phenolic OH excluding ortho intramolecular Hbond substituents is 1. The number of aromatic hydroxyl groups is 1. The van der Waals surface area contributed by atoms with Crippen molar-refractivity contribution in [3.63, 3.8) is 0 Å². The Morgan fingerprint density at radius 1 is 1.28 bits per heavy atom. The number of nitrogens with one attached hydrogen (secondary N) is 1. The van der Waals surface area contributed by atoms with E-state index in [2.05, 4.69) is 5.32 Å². The summed E-state index contributed by atoms with van der Waals surface area (Å²) in [5.74, 6) is 0.494. The zero-order chi connectivity index (χ0) is 12.8. The molecule has 0 aliphatic rings. The standard InChI is InChI=1S/C13H13NO2S2/c15-11-5-1-2-6-12(11)18-9-13(16)14-8-10-4-3-7-17-10/h1-7,15H,8-9H2,(H,14,16). The summed E-state index contributed by atoms with van der Waals surface area (Å²) < 4.78 is 0. The van der Waals surface area contributed by atoms with Gasteiger partial charge in [-0.3, -0.25) is 4.79 Å². The van der Waals surface area contributed by atoms with Crippen LogP contribution in [0.3, 0.4) is 0 Å². The van der Waals surface area contributed by atoms with Crippen LogP contribution in [-0.4, -0.2) is 16.8 Å². The highest BCUT2D eigenvalue weighted by Gasteiger charge is 2.05. The van der Waals surface area contributed by atoms with E-state index in [9.17, 15) is 9.90 Å². The molecule has 2 aromatic rings. The fourth-order valence-corrected chi connectivity index (χ4v) is 2.80. The highest BCUT2D eigenvalue weighted by molar-refractivity contribution is 8.00. The largest absolute Gasteiger partial charge is 0.507 e. The molecule has 1 amide bonds. The molecule has 1 aromatic heterocycles. The van der Waals surface area contributed by atoms with Crippen LogP contribution in [0.1, 0.15) is 4.88 Å². The molecule has 0 atom stereocenters. The lowest BCUT2D eigenvalue weighted by molar-refractivity contribution is -0.118. The summed E-state index contributed by atoms with van der Waals surface area (Å²) in [6, 6.07) is 11.0. The minimum absolute atomic E-state index is 0.0309. The summed E-state index contributed by atoms with van der Waals surface area (Å²) in [5.41, 5.74) is 0. The van der Waals surface area contributed by atoms with Gasteiger partial charge < -0.3 is 10.4 Å². The molecule has 1 heterocycles. The second-order valence-corrected chi connectivity index (χ2v) is 5.66. The fourth-order valence-electron chi connectivity index (χ4n) is 1.37. The van der Waals surface area contributed by atoms with Crippen molar-refractivity contribution in [3.05, 3.63) is 46.7 Å². The molecule has 0 fully saturated rings. The molecule has 1 aromatic carbocycles. The number of benzene rings is 1. The van der Waals surface area contributed by atoms with Gasteiger partial charge in [0.05, 0.1) is 12.3 Å². The van der Waals surface area contributed by atoms with Crippen LogP contribution in [0.25, 0.3) is 0 Å². The van der Waals surface area contributed by atoms with Crippen LogP contribution >= 0.6 is 23.1 Å². The SMILES string of the molecule is O=C(CSc1ccccc1O)NCc1cccs1. The molecule has 0 saturated heterocycles. The predicted octanol–water partition coefficient (Wildman–Crippen LogP) is 2.86. The highest BCUT2D eigenvalue weighted by atomic mass is 32.2. The number of carbonyl (C=O) groups excluding carboxylic acids is 1. The second-order valence-electron chi connectivity index (χ2n) is 3.61. The molecule has 5 heteroatoms. The minimum atomic E-state index is -0.0309. The molecular formula is C13H13NO2S2. The van der Waals surface area contributed by atoms with Gasteiger partial charge in [0, 0.05) is 9.77 Å². The Hall–Kier alpha value is -1.46. The monoisotopic (exact) mass is 279 g/mol. The third-order valence-electron chi connectivity index (χ3n) is 2.26. The molecule has 0 saturated carbocycles. The molecule has 3 nitrogen and oxygen atoms in total. The number of thioether (sulfide) groups is 1. The van der Waals surface area contributed by atoms with Gasteiger partial charge in [0.15, 0.2) is 0 Å². The summed E-state index contributed by atoms with van der Waals surface area (Å²) in [5, 5.41) is 14.4. The van der Waals surface area contributed by atoms with Gasteiger partial charge in [0.2, 0.25) is 5.91 Å². The maximum absolute atomic E-state index is 11.6. The quantitative estimate of drug-likeness (QED) is 0.827. The molecule has 18 heavy (non-hydrogen) atoms. The number of amides is 1. The lowest BCUT2D eigenvalue weighted by Crippen LogP contribution is -2.24. The number of carbonyl (C=O) groups is 1. The molecule has 0 spiro atoms. The first-order valence-corrected chi connectivity index (χ1v) is 7.32. The first kappa shape index (κ1) is 13.0. The van der Waals surface area contributed by atoms with Crippen molar-refractivity contribution < 1.29 is 9.90 Å². The maximum Gasteiger partial charge on any atom is 0.230 e. The third-order valence-corrected chi connectivity index (χ3v) is 4.20. The first-order valence-electron chi connectivity index (χ1n) is 5.45. The van der Waals surface area contributed by atoms with Crippen LogP contribution in [0.5, 0.6) is 5.75 Å². The second kappa shape index (κ2) is 6.47. The minimum Gasteiger partial charge on any atom is -0.507 e. The van der Waals surface area contributed by atoms with Gasteiger partial charge in [0.1, 0.15) is 5.75 Å². The van der Waals surface area contributed by atoms with E-state index < -0.39 is 0 Å². The molecule has 0 unspecified atom stereocenters. The van der Waals surface area contributed by atoms with Crippen molar-refractivity contribution in [2.45, 2.75) is 11.4 Å². The van der Waals surface area contributed by atoms with Crippen molar-refractivity contribution >= 4 is 29.0 Å². The molecule has 94 valence electrons. The smallest absolute Gasteiger partial charge is 0.230 e. The summed E-state index contributed by atoms with van der Waals surface area (Å²) in [7, 11) is 0. The molecule has 0 radical (unpaired) electrons. The topological polar surface area (TPSA) is 49.3 Å². The highest BCUT2D eigenvalue weighted by Crippen LogP contribution is 2.27. The van der Waals surface area contributed by atoms with Gasteiger partial charge in [-0.2, -0.15) is 0 Å². The Morgan fingerprint density at radius 3 is 2.83 bits per heavy atom. The molecular weight excluding hydrogens is 266 g/mol. The Labute approximate surface area is 114 Å². The van der Waals surface area contributed by atoms with E-state index in [1.165, 1.54) is 11.8 Å². The lowest BCUT2D eigenvalue weighted by atomic mass is 10.3. The van der Waals surface area contributed by atoms with Gasteiger partial charge in [-0.25, -0.2) is 0 Å². The number of thiophene rings is 1. The zero-order valence-corrected chi connectivity index (χ0v) is 11.3.